The van der Waals surface area contributed by atoms with Crippen molar-refractivity contribution in [1.82, 2.24) is 0 Å². The van der Waals surface area contributed by atoms with E-state index in [1.807, 2.05) is 0 Å². The predicted molar refractivity (Wildman–Crippen MR) is 80.4 cm³/mol. The molecule has 0 saturated carbocycles. The van der Waals surface area contributed by atoms with Crippen LogP contribution in [0.25, 0.3) is 0 Å². The van der Waals surface area contributed by atoms with Crippen molar-refractivity contribution in [3.8, 4) is 0 Å². The zero-order chi connectivity index (χ0) is 15.4. The minimum Gasteiger partial charge on any atom is -0.463 e. The molecule has 5 nitrogen and oxygen atoms in total. The smallest absolute Gasteiger partial charge is 0.463 e. The Bertz CT molecular complexity index is 270. The summed E-state index contributed by atoms with van der Waals surface area (Å²) in [4.78, 5) is 11.1. The van der Waals surface area contributed by atoms with Crippen molar-refractivity contribution < 1.29 is 22.8 Å². The molecule has 0 aromatic heterocycles. The number of rotatable bonds is 12. The zero-order valence-electron chi connectivity index (χ0n) is 13.1. The maximum absolute atomic E-state index is 11.1. The highest BCUT2D eigenvalue weighted by Gasteiger charge is 2.46. The quantitative estimate of drug-likeness (QED) is 0.240. The second-order valence-electron chi connectivity index (χ2n) is 4.57. The van der Waals surface area contributed by atoms with Gasteiger partial charge in [-0.1, -0.05) is 32.8 Å². The van der Waals surface area contributed by atoms with Gasteiger partial charge in [0.1, 0.15) is 0 Å². The van der Waals surface area contributed by atoms with Gasteiger partial charge in [0.05, 0.1) is 6.61 Å². The summed E-state index contributed by atoms with van der Waals surface area (Å²) in [6, 6.07) is 0. The lowest BCUT2D eigenvalue weighted by atomic mass is 10.1. The van der Waals surface area contributed by atoms with E-state index in [9.17, 15) is 4.79 Å². The SMILES string of the molecule is C=CC(=O)OCCC(CCCCC)[Si](OC)(OC)OC. The minimum atomic E-state index is -2.70. The first-order chi connectivity index (χ1) is 9.60. The third kappa shape index (κ3) is 6.17. The predicted octanol–water partition coefficient (Wildman–Crippen LogP) is 2.93. The average molecular weight is 304 g/mol. The first kappa shape index (κ1) is 19.3. The molecule has 0 aliphatic carbocycles. The van der Waals surface area contributed by atoms with Crippen LogP contribution in [0.1, 0.15) is 39.0 Å². The molecule has 1 unspecified atom stereocenters. The zero-order valence-corrected chi connectivity index (χ0v) is 14.1. The molecule has 6 heteroatoms. The first-order valence-corrected chi connectivity index (χ1v) is 8.85. The van der Waals surface area contributed by atoms with E-state index in [-0.39, 0.29) is 5.54 Å². The van der Waals surface area contributed by atoms with Gasteiger partial charge < -0.3 is 18.0 Å². The maximum atomic E-state index is 11.1. The Morgan fingerprint density at radius 3 is 2.20 bits per heavy atom. The van der Waals surface area contributed by atoms with Gasteiger partial charge in [0.15, 0.2) is 0 Å². The summed E-state index contributed by atoms with van der Waals surface area (Å²) < 4.78 is 21.7. The van der Waals surface area contributed by atoms with Crippen molar-refractivity contribution in [2.45, 2.75) is 44.6 Å². The van der Waals surface area contributed by atoms with Crippen molar-refractivity contribution in [1.29, 1.82) is 0 Å². The van der Waals surface area contributed by atoms with Crippen LogP contribution in [0, 0.1) is 0 Å². The van der Waals surface area contributed by atoms with E-state index >= 15 is 0 Å². The lowest BCUT2D eigenvalue weighted by Gasteiger charge is -2.32. The summed E-state index contributed by atoms with van der Waals surface area (Å²) in [5.74, 6) is -0.406. The molecule has 1 atom stereocenters. The molecule has 20 heavy (non-hydrogen) atoms. The van der Waals surface area contributed by atoms with Gasteiger partial charge in [-0.05, 0) is 12.8 Å². The molecule has 0 heterocycles. The van der Waals surface area contributed by atoms with Crippen LogP contribution in [0.2, 0.25) is 5.54 Å². The standard InChI is InChI=1S/C14H28O5Si/c1-6-8-9-10-13(11-12-19-14(15)7-2)20(16-3,17-4)18-5/h7,13H,2,6,8-12H2,1,3-5H3. The third-order valence-corrected chi connectivity index (χ3v) is 6.67. The number of unbranched alkanes of at least 4 members (excludes halogenated alkanes) is 2. The van der Waals surface area contributed by atoms with E-state index < -0.39 is 14.8 Å². The maximum Gasteiger partial charge on any atom is 0.503 e. The van der Waals surface area contributed by atoms with Gasteiger partial charge in [0.2, 0.25) is 0 Å². The normalized spacial score (nSPS) is 13.0. The van der Waals surface area contributed by atoms with Crippen LogP contribution in [0.15, 0.2) is 12.7 Å². The highest BCUT2D eigenvalue weighted by molar-refractivity contribution is 6.62. The van der Waals surface area contributed by atoms with Crippen LogP contribution in [-0.2, 0) is 22.8 Å². The Balaban J connectivity index is 4.60. The largest absolute Gasteiger partial charge is 0.503 e. The summed E-state index contributed by atoms with van der Waals surface area (Å²) in [5.41, 5.74) is 0.131. The molecular formula is C14H28O5Si. The van der Waals surface area contributed by atoms with Gasteiger partial charge >= 0.3 is 14.8 Å². The topological polar surface area (TPSA) is 54.0 Å². The van der Waals surface area contributed by atoms with Crippen LogP contribution in [0.5, 0.6) is 0 Å². The molecule has 0 aliphatic heterocycles. The molecular weight excluding hydrogens is 276 g/mol. The molecule has 118 valence electrons. The van der Waals surface area contributed by atoms with Crippen molar-refractivity contribution in [2.75, 3.05) is 27.9 Å². The lowest BCUT2D eigenvalue weighted by Crippen LogP contribution is -2.48. The molecule has 0 saturated heterocycles. The van der Waals surface area contributed by atoms with Gasteiger partial charge in [-0.25, -0.2) is 4.79 Å². The number of esters is 1. The second kappa shape index (κ2) is 11.0. The molecule has 0 radical (unpaired) electrons. The lowest BCUT2D eigenvalue weighted by molar-refractivity contribution is -0.137. The molecule has 0 aliphatic rings. The van der Waals surface area contributed by atoms with Gasteiger partial charge in [0.25, 0.3) is 0 Å². The Morgan fingerprint density at radius 1 is 1.15 bits per heavy atom. The van der Waals surface area contributed by atoms with E-state index in [1.54, 1.807) is 21.3 Å². The molecule has 0 fully saturated rings. The highest BCUT2D eigenvalue weighted by atomic mass is 28.4. The highest BCUT2D eigenvalue weighted by Crippen LogP contribution is 2.32. The second-order valence-corrected chi connectivity index (χ2v) is 7.82. The molecule has 0 aromatic rings. The summed E-state index contributed by atoms with van der Waals surface area (Å²) in [5, 5.41) is 0. The first-order valence-electron chi connectivity index (χ1n) is 7.04. The molecule has 0 spiro atoms. The number of hydrogen-bond donors (Lipinski definition) is 0. The average Bonchev–Trinajstić information content (AvgIpc) is 2.48. The molecule has 0 N–H and O–H groups in total. The van der Waals surface area contributed by atoms with E-state index in [1.165, 1.54) is 6.08 Å². The Hall–Kier alpha value is -0.693. The van der Waals surface area contributed by atoms with Gasteiger partial charge in [-0.15, -0.1) is 0 Å². The number of hydrogen-bond acceptors (Lipinski definition) is 5. The fourth-order valence-corrected chi connectivity index (χ4v) is 4.78. The summed E-state index contributed by atoms with van der Waals surface area (Å²) >= 11 is 0. The van der Waals surface area contributed by atoms with Gasteiger partial charge in [0, 0.05) is 32.9 Å². The third-order valence-electron chi connectivity index (χ3n) is 3.39. The van der Waals surface area contributed by atoms with E-state index in [0.717, 1.165) is 25.7 Å². The monoisotopic (exact) mass is 304 g/mol. The molecule has 0 bridgehead atoms. The fraction of sp³-hybridized carbons (Fsp3) is 0.786. The Labute approximate surface area is 123 Å². The summed E-state index contributed by atoms with van der Waals surface area (Å²) in [6.07, 6.45) is 6.18. The van der Waals surface area contributed by atoms with Crippen molar-refractivity contribution in [3.05, 3.63) is 12.7 Å². The van der Waals surface area contributed by atoms with E-state index in [4.69, 9.17) is 18.0 Å². The van der Waals surface area contributed by atoms with Gasteiger partial charge in [-0.2, -0.15) is 0 Å². The molecule has 0 amide bonds. The molecule has 0 aromatic carbocycles. The van der Waals surface area contributed by atoms with Crippen LogP contribution in [0.3, 0.4) is 0 Å². The van der Waals surface area contributed by atoms with Gasteiger partial charge in [-0.3, -0.25) is 0 Å². The number of carbonyl (C=O) groups excluding carboxylic acids is 1. The van der Waals surface area contributed by atoms with Crippen molar-refractivity contribution in [2.24, 2.45) is 0 Å². The summed E-state index contributed by atoms with van der Waals surface area (Å²) in [6.45, 7) is 5.86. The van der Waals surface area contributed by atoms with Crippen LogP contribution < -0.4 is 0 Å². The Kier molecular flexibility index (Phi) is 10.6. The number of ether oxygens (including phenoxy) is 1. The van der Waals surface area contributed by atoms with Crippen LogP contribution in [-0.4, -0.2) is 42.7 Å². The van der Waals surface area contributed by atoms with E-state index in [0.29, 0.717) is 13.0 Å². The fourth-order valence-electron chi connectivity index (χ4n) is 2.25. The van der Waals surface area contributed by atoms with Crippen molar-refractivity contribution in [3.63, 3.8) is 0 Å². The minimum absolute atomic E-state index is 0.131. The van der Waals surface area contributed by atoms with Crippen LogP contribution in [0.4, 0.5) is 0 Å². The van der Waals surface area contributed by atoms with Crippen molar-refractivity contribution >= 4 is 14.8 Å². The van der Waals surface area contributed by atoms with Crippen LogP contribution >= 0.6 is 0 Å². The summed E-state index contributed by atoms with van der Waals surface area (Å²) in [7, 11) is 2.14. The Morgan fingerprint density at radius 2 is 1.75 bits per heavy atom. The number of carbonyl (C=O) groups is 1. The van der Waals surface area contributed by atoms with E-state index in [2.05, 4.69) is 13.5 Å². The molecule has 0 rings (SSSR count).